The van der Waals surface area contributed by atoms with Crippen LogP contribution in [-0.2, 0) is 6.42 Å². The van der Waals surface area contributed by atoms with Crippen molar-refractivity contribution in [3.63, 3.8) is 0 Å². The Labute approximate surface area is 116 Å². The van der Waals surface area contributed by atoms with Crippen molar-refractivity contribution in [2.45, 2.75) is 33.6 Å². The first-order valence-electron chi connectivity index (χ1n) is 6.51. The van der Waals surface area contributed by atoms with Crippen LogP contribution in [0.5, 0.6) is 0 Å². The van der Waals surface area contributed by atoms with E-state index in [1.165, 1.54) is 0 Å². The number of nitrogens with two attached hydrogens (primary N) is 1. The molecule has 0 aromatic carbocycles. The van der Waals surface area contributed by atoms with Gasteiger partial charge in [-0.05, 0) is 33.6 Å². The van der Waals surface area contributed by atoms with Crippen LogP contribution in [0.25, 0.3) is 0 Å². The van der Waals surface area contributed by atoms with Crippen LogP contribution < -0.4 is 11.1 Å². The number of nitrogens with zero attached hydrogens (tertiary/aromatic N) is 2. The molecular formula is C13H19N5O2. The largest absolute Gasteiger partial charge is 0.369 e. The molecule has 0 aliphatic heterocycles. The number of aryl methyl sites for hydroxylation is 3. The Balaban J connectivity index is 1.82. The maximum Gasteiger partial charge on any atom is 0.271 e. The molecule has 0 aliphatic rings. The smallest absolute Gasteiger partial charge is 0.271 e. The Morgan fingerprint density at radius 1 is 1.40 bits per heavy atom. The molecule has 0 aliphatic carbocycles. The minimum absolute atomic E-state index is 0.214. The lowest BCUT2D eigenvalue weighted by Crippen LogP contribution is -2.25. The lowest BCUT2D eigenvalue weighted by molar-refractivity contribution is 0.0948. The van der Waals surface area contributed by atoms with Crippen molar-refractivity contribution in [1.29, 1.82) is 0 Å². The minimum Gasteiger partial charge on any atom is -0.369 e. The maximum absolute atomic E-state index is 11.9. The van der Waals surface area contributed by atoms with Gasteiger partial charge in [0.1, 0.15) is 5.76 Å². The summed E-state index contributed by atoms with van der Waals surface area (Å²) >= 11 is 0. The molecule has 0 bridgehead atoms. The quantitative estimate of drug-likeness (QED) is 0.713. The van der Waals surface area contributed by atoms with Crippen molar-refractivity contribution in [1.82, 2.24) is 20.4 Å². The van der Waals surface area contributed by atoms with Crippen LogP contribution in [0.2, 0.25) is 0 Å². The lowest BCUT2D eigenvalue weighted by Gasteiger charge is -2.04. The van der Waals surface area contributed by atoms with E-state index in [4.69, 9.17) is 10.3 Å². The van der Waals surface area contributed by atoms with E-state index in [1.54, 1.807) is 6.92 Å². The SMILES string of the molecule is Cc1noc(C)c1CCCNC(=O)c1nc(N)[nH]c1C. The molecule has 1 amide bonds. The Morgan fingerprint density at radius 2 is 2.15 bits per heavy atom. The predicted octanol–water partition coefficient (Wildman–Crippen LogP) is 1.27. The van der Waals surface area contributed by atoms with Crippen molar-refractivity contribution in [3.05, 3.63) is 28.4 Å². The van der Waals surface area contributed by atoms with E-state index >= 15 is 0 Å². The topological polar surface area (TPSA) is 110 Å². The molecule has 108 valence electrons. The number of amides is 1. The average Bonchev–Trinajstić information content (AvgIpc) is 2.89. The molecule has 20 heavy (non-hydrogen) atoms. The highest BCUT2D eigenvalue weighted by Gasteiger charge is 2.13. The van der Waals surface area contributed by atoms with E-state index in [1.807, 2.05) is 13.8 Å². The third-order valence-corrected chi connectivity index (χ3v) is 3.19. The van der Waals surface area contributed by atoms with E-state index in [0.717, 1.165) is 29.9 Å². The van der Waals surface area contributed by atoms with Crippen LogP contribution >= 0.6 is 0 Å². The summed E-state index contributed by atoms with van der Waals surface area (Å²) in [5.74, 6) is 0.877. The average molecular weight is 277 g/mol. The molecule has 2 rings (SSSR count). The number of carbonyl (C=O) groups excluding carboxylic acids is 1. The highest BCUT2D eigenvalue weighted by molar-refractivity contribution is 5.93. The Hall–Kier alpha value is -2.31. The normalized spacial score (nSPS) is 10.8. The van der Waals surface area contributed by atoms with E-state index < -0.39 is 0 Å². The third-order valence-electron chi connectivity index (χ3n) is 3.19. The molecule has 2 aromatic heterocycles. The van der Waals surface area contributed by atoms with Gasteiger partial charge in [0, 0.05) is 17.8 Å². The summed E-state index contributed by atoms with van der Waals surface area (Å²) in [5, 5.41) is 6.73. The van der Waals surface area contributed by atoms with Crippen LogP contribution in [0, 0.1) is 20.8 Å². The van der Waals surface area contributed by atoms with Crippen LogP contribution in [0.4, 0.5) is 5.95 Å². The second-order valence-corrected chi connectivity index (χ2v) is 4.76. The molecule has 0 saturated heterocycles. The third kappa shape index (κ3) is 2.98. The molecular weight excluding hydrogens is 258 g/mol. The molecule has 0 fully saturated rings. The number of rotatable bonds is 5. The molecule has 2 heterocycles. The first-order chi connectivity index (χ1) is 9.49. The molecule has 0 unspecified atom stereocenters. The molecule has 0 atom stereocenters. The van der Waals surface area contributed by atoms with Crippen molar-refractivity contribution >= 4 is 11.9 Å². The number of hydrogen-bond donors (Lipinski definition) is 3. The summed E-state index contributed by atoms with van der Waals surface area (Å²) in [6.45, 7) is 6.14. The van der Waals surface area contributed by atoms with Gasteiger partial charge in [-0.1, -0.05) is 5.16 Å². The molecule has 7 heteroatoms. The fourth-order valence-electron chi connectivity index (χ4n) is 2.11. The number of H-pyrrole nitrogens is 1. The number of hydrogen-bond acceptors (Lipinski definition) is 5. The first kappa shape index (κ1) is 14.1. The zero-order chi connectivity index (χ0) is 14.7. The summed E-state index contributed by atoms with van der Waals surface area (Å²) in [4.78, 5) is 18.6. The van der Waals surface area contributed by atoms with E-state index in [9.17, 15) is 4.79 Å². The lowest BCUT2D eigenvalue weighted by atomic mass is 10.1. The zero-order valence-corrected chi connectivity index (χ0v) is 11.9. The summed E-state index contributed by atoms with van der Waals surface area (Å²) in [6, 6.07) is 0. The maximum atomic E-state index is 11.9. The second kappa shape index (κ2) is 5.77. The fraction of sp³-hybridized carbons (Fsp3) is 0.462. The molecule has 0 radical (unpaired) electrons. The van der Waals surface area contributed by atoms with Gasteiger partial charge in [-0.25, -0.2) is 4.98 Å². The van der Waals surface area contributed by atoms with Crippen LogP contribution in [0.1, 0.15) is 39.6 Å². The first-order valence-corrected chi connectivity index (χ1v) is 6.51. The summed E-state index contributed by atoms with van der Waals surface area (Å²) in [7, 11) is 0. The van der Waals surface area contributed by atoms with Crippen molar-refractivity contribution < 1.29 is 9.32 Å². The minimum atomic E-state index is -0.214. The number of carbonyl (C=O) groups is 1. The van der Waals surface area contributed by atoms with Crippen molar-refractivity contribution in [3.8, 4) is 0 Å². The Bertz CT molecular complexity index is 595. The summed E-state index contributed by atoms with van der Waals surface area (Å²) < 4.78 is 5.10. The van der Waals surface area contributed by atoms with Crippen LogP contribution in [0.15, 0.2) is 4.52 Å². The van der Waals surface area contributed by atoms with E-state index in [-0.39, 0.29) is 11.9 Å². The fourth-order valence-corrected chi connectivity index (χ4v) is 2.11. The Kier molecular flexibility index (Phi) is 4.07. The van der Waals surface area contributed by atoms with Gasteiger partial charge in [0.05, 0.1) is 5.69 Å². The van der Waals surface area contributed by atoms with Gasteiger partial charge >= 0.3 is 0 Å². The number of anilines is 1. The highest BCUT2D eigenvalue weighted by atomic mass is 16.5. The van der Waals surface area contributed by atoms with Gasteiger partial charge in [-0.2, -0.15) is 0 Å². The zero-order valence-electron chi connectivity index (χ0n) is 11.9. The van der Waals surface area contributed by atoms with Gasteiger partial charge in [0.25, 0.3) is 5.91 Å². The van der Waals surface area contributed by atoms with Gasteiger partial charge < -0.3 is 20.6 Å². The molecule has 2 aromatic rings. The highest BCUT2D eigenvalue weighted by Crippen LogP contribution is 2.14. The molecule has 4 N–H and O–H groups in total. The molecule has 0 spiro atoms. The van der Waals surface area contributed by atoms with Crippen molar-refractivity contribution in [2.75, 3.05) is 12.3 Å². The monoisotopic (exact) mass is 277 g/mol. The van der Waals surface area contributed by atoms with Gasteiger partial charge in [-0.3, -0.25) is 4.79 Å². The predicted molar refractivity (Wildman–Crippen MR) is 74.4 cm³/mol. The number of nitrogens with one attached hydrogen (secondary N) is 2. The molecule has 0 saturated carbocycles. The standard InChI is InChI=1S/C13H19N5O2/c1-7-10(9(3)20-18-7)5-4-6-15-12(19)11-8(2)16-13(14)17-11/h4-6H2,1-3H3,(H,15,19)(H3,14,16,17). The van der Waals surface area contributed by atoms with Gasteiger partial charge in [0.2, 0.25) is 0 Å². The summed E-state index contributed by atoms with van der Waals surface area (Å²) in [5.41, 5.74) is 8.54. The van der Waals surface area contributed by atoms with E-state index in [2.05, 4.69) is 20.4 Å². The molecule has 7 nitrogen and oxygen atoms in total. The van der Waals surface area contributed by atoms with Crippen molar-refractivity contribution in [2.24, 2.45) is 0 Å². The second-order valence-electron chi connectivity index (χ2n) is 4.76. The number of aromatic amines is 1. The van der Waals surface area contributed by atoms with Crippen LogP contribution in [0.3, 0.4) is 0 Å². The number of aromatic nitrogens is 3. The van der Waals surface area contributed by atoms with Crippen LogP contribution in [-0.4, -0.2) is 27.6 Å². The number of imidazole rings is 1. The van der Waals surface area contributed by atoms with Gasteiger partial charge in [-0.15, -0.1) is 0 Å². The summed E-state index contributed by atoms with van der Waals surface area (Å²) in [6.07, 6.45) is 1.64. The Morgan fingerprint density at radius 3 is 2.70 bits per heavy atom. The van der Waals surface area contributed by atoms with Gasteiger partial charge in [0.15, 0.2) is 11.6 Å². The van der Waals surface area contributed by atoms with E-state index in [0.29, 0.717) is 17.9 Å². The number of nitrogen functional groups attached to an aromatic ring is 1.